The molecule has 0 saturated carbocycles. The summed E-state index contributed by atoms with van der Waals surface area (Å²) >= 11 is 3.42. The van der Waals surface area contributed by atoms with Crippen molar-refractivity contribution in [3.05, 3.63) is 22.2 Å². The molecular weight excluding hydrogens is 324 g/mol. The van der Waals surface area contributed by atoms with E-state index >= 15 is 0 Å². The summed E-state index contributed by atoms with van der Waals surface area (Å²) in [6.07, 6.45) is 1.57. The lowest BCUT2D eigenvalue weighted by molar-refractivity contribution is -0.122. The lowest BCUT2D eigenvalue weighted by Gasteiger charge is -2.14. The summed E-state index contributed by atoms with van der Waals surface area (Å²) in [4.78, 5) is 11.8. The van der Waals surface area contributed by atoms with E-state index in [-0.39, 0.29) is 5.91 Å². The van der Waals surface area contributed by atoms with Gasteiger partial charge in [0.25, 0.3) is 0 Å². The number of benzene rings is 1. The van der Waals surface area contributed by atoms with E-state index in [2.05, 4.69) is 21.2 Å². The Labute approximate surface area is 127 Å². The Morgan fingerprint density at radius 3 is 2.65 bits per heavy atom. The van der Waals surface area contributed by atoms with Gasteiger partial charge in [-0.15, -0.1) is 0 Å². The van der Waals surface area contributed by atoms with E-state index in [0.717, 1.165) is 16.5 Å². The van der Waals surface area contributed by atoms with Crippen LogP contribution in [0.2, 0.25) is 0 Å². The third kappa shape index (κ3) is 4.38. The predicted octanol–water partition coefficient (Wildman–Crippen LogP) is 2.21. The highest BCUT2D eigenvalue weighted by atomic mass is 79.9. The topological polar surface area (TPSA) is 73.6 Å². The Kier molecular flexibility index (Phi) is 6.81. The summed E-state index contributed by atoms with van der Waals surface area (Å²) in [6.45, 7) is 2.40. The molecule has 1 aromatic rings. The molecule has 0 saturated heterocycles. The third-order valence-electron chi connectivity index (χ3n) is 2.90. The molecule has 1 atom stereocenters. The number of rotatable bonds is 7. The first-order chi connectivity index (χ1) is 9.53. The average Bonchev–Trinajstić information content (AvgIpc) is 2.44. The quantitative estimate of drug-likeness (QED) is 0.795. The molecule has 5 nitrogen and oxygen atoms in total. The molecule has 1 unspecified atom stereocenters. The zero-order valence-electron chi connectivity index (χ0n) is 12.0. The van der Waals surface area contributed by atoms with Crippen LogP contribution in [-0.2, 0) is 11.3 Å². The Morgan fingerprint density at radius 2 is 2.10 bits per heavy atom. The molecule has 1 rings (SSSR count). The second kappa shape index (κ2) is 8.11. The molecule has 0 bridgehead atoms. The minimum absolute atomic E-state index is 0.141. The standard InChI is InChI=1S/C14H21BrN2O3/c1-4-5-11(16)14(18)17-8-9-6-10(15)13(20-3)12(7-9)19-2/h6-7,11H,4-5,8,16H2,1-3H3,(H,17,18). The molecule has 112 valence electrons. The number of hydrogen-bond acceptors (Lipinski definition) is 4. The minimum Gasteiger partial charge on any atom is -0.493 e. The van der Waals surface area contributed by atoms with Crippen LogP contribution in [0.3, 0.4) is 0 Å². The maximum absolute atomic E-state index is 11.8. The number of nitrogens with one attached hydrogen (secondary N) is 1. The van der Waals surface area contributed by atoms with Crippen LogP contribution in [0.25, 0.3) is 0 Å². The highest BCUT2D eigenvalue weighted by Gasteiger charge is 2.14. The molecule has 3 N–H and O–H groups in total. The van der Waals surface area contributed by atoms with Crippen molar-refractivity contribution in [1.29, 1.82) is 0 Å². The van der Waals surface area contributed by atoms with Gasteiger partial charge in [0.2, 0.25) is 5.91 Å². The number of nitrogens with two attached hydrogens (primary N) is 1. The maximum atomic E-state index is 11.8. The van der Waals surface area contributed by atoms with E-state index in [0.29, 0.717) is 24.5 Å². The first kappa shape index (κ1) is 16.8. The van der Waals surface area contributed by atoms with Crippen LogP contribution in [0.4, 0.5) is 0 Å². The number of methoxy groups -OCH3 is 2. The van der Waals surface area contributed by atoms with Gasteiger partial charge < -0.3 is 20.5 Å². The van der Waals surface area contributed by atoms with Crippen molar-refractivity contribution < 1.29 is 14.3 Å². The van der Waals surface area contributed by atoms with Crippen LogP contribution in [-0.4, -0.2) is 26.2 Å². The number of halogens is 1. The summed E-state index contributed by atoms with van der Waals surface area (Å²) in [7, 11) is 3.15. The molecule has 1 amide bonds. The normalized spacial score (nSPS) is 11.8. The van der Waals surface area contributed by atoms with Gasteiger partial charge in [-0.1, -0.05) is 13.3 Å². The molecule has 0 spiro atoms. The summed E-state index contributed by atoms with van der Waals surface area (Å²) in [6, 6.07) is 3.26. The molecule has 0 aromatic heterocycles. The molecule has 0 fully saturated rings. The van der Waals surface area contributed by atoms with Crippen molar-refractivity contribution >= 4 is 21.8 Å². The largest absolute Gasteiger partial charge is 0.493 e. The smallest absolute Gasteiger partial charge is 0.237 e. The molecule has 0 aliphatic rings. The highest BCUT2D eigenvalue weighted by molar-refractivity contribution is 9.10. The summed E-state index contributed by atoms with van der Waals surface area (Å²) < 4.78 is 11.3. The van der Waals surface area contributed by atoms with Gasteiger partial charge in [-0.2, -0.15) is 0 Å². The zero-order chi connectivity index (χ0) is 15.1. The van der Waals surface area contributed by atoms with Crippen LogP contribution in [0.1, 0.15) is 25.3 Å². The molecule has 0 heterocycles. The number of hydrogen-bond donors (Lipinski definition) is 2. The summed E-state index contributed by atoms with van der Waals surface area (Å²) in [5.41, 5.74) is 6.67. The van der Waals surface area contributed by atoms with Gasteiger partial charge in [0.1, 0.15) is 0 Å². The fourth-order valence-electron chi connectivity index (χ4n) is 1.84. The van der Waals surface area contributed by atoms with E-state index in [4.69, 9.17) is 15.2 Å². The molecule has 0 aliphatic heterocycles. The van der Waals surface area contributed by atoms with Crippen LogP contribution in [0.15, 0.2) is 16.6 Å². The number of carbonyl (C=O) groups excluding carboxylic acids is 1. The first-order valence-corrected chi connectivity index (χ1v) is 7.26. The lowest BCUT2D eigenvalue weighted by Crippen LogP contribution is -2.40. The van der Waals surface area contributed by atoms with Crippen molar-refractivity contribution in [3.8, 4) is 11.5 Å². The highest BCUT2D eigenvalue weighted by Crippen LogP contribution is 2.36. The Hall–Kier alpha value is -1.27. The maximum Gasteiger partial charge on any atom is 0.237 e. The van der Waals surface area contributed by atoms with Crippen LogP contribution in [0.5, 0.6) is 11.5 Å². The predicted molar refractivity (Wildman–Crippen MR) is 82.0 cm³/mol. The Morgan fingerprint density at radius 1 is 1.40 bits per heavy atom. The molecular formula is C14H21BrN2O3. The molecule has 1 aromatic carbocycles. The Bertz CT molecular complexity index is 466. The summed E-state index contributed by atoms with van der Waals surface area (Å²) in [5.74, 6) is 1.10. The number of amides is 1. The van der Waals surface area contributed by atoms with Crippen LogP contribution >= 0.6 is 15.9 Å². The van der Waals surface area contributed by atoms with E-state index in [1.54, 1.807) is 14.2 Å². The minimum atomic E-state index is -0.455. The van der Waals surface area contributed by atoms with E-state index < -0.39 is 6.04 Å². The number of ether oxygens (including phenoxy) is 2. The lowest BCUT2D eigenvalue weighted by atomic mass is 10.1. The molecule has 20 heavy (non-hydrogen) atoms. The third-order valence-corrected chi connectivity index (χ3v) is 3.49. The van der Waals surface area contributed by atoms with Gasteiger partial charge in [0.05, 0.1) is 24.7 Å². The van der Waals surface area contributed by atoms with Crippen molar-refractivity contribution in [2.45, 2.75) is 32.4 Å². The van der Waals surface area contributed by atoms with Gasteiger partial charge in [-0.25, -0.2) is 0 Å². The van der Waals surface area contributed by atoms with E-state index in [1.807, 2.05) is 19.1 Å². The molecule has 0 aliphatic carbocycles. The monoisotopic (exact) mass is 344 g/mol. The van der Waals surface area contributed by atoms with Gasteiger partial charge in [0.15, 0.2) is 11.5 Å². The van der Waals surface area contributed by atoms with Crippen molar-refractivity contribution in [2.75, 3.05) is 14.2 Å². The fourth-order valence-corrected chi connectivity index (χ4v) is 2.49. The van der Waals surface area contributed by atoms with Crippen molar-refractivity contribution in [2.24, 2.45) is 5.73 Å². The van der Waals surface area contributed by atoms with Crippen molar-refractivity contribution in [1.82, 2.24) is 5.32 Å². The van der Waals surface area contributed by atoms with Gasteiger partial charge in [0, 0.05) is 6.54 Å². The van der Waals surface area contributed by atoms with E-state index in [9.17, 15) is 4.79 Å². The van der Waals surface area contributed by atoms with E-state index in [1.165, 1.54) is 0 Å². The second-order valence-corrected chi connectivity index (χ2v) is 5.28. The van der Waals surface area contributed by atoms with Crippen LogP contribution in [0, 0.1) is 0 Å². The molecule has 6 heteroatoms. The fraction of sp³-hybridized carbons (Fsp3) is 0.500. The number of carbonyl (C=O) groups is 1. The first-order valence-electron chi connectivity index (χ1n) is 6.47. The van der Waals surface area contributed by atoms with Gasteiger partial charge in [-0.3, -0.25) is 4.79 Å². The van der Waals surface area contributed by atoms with Crippen LogP contribution < -0.4 is 20.5 Å². The second-order valence-electron chi connectivity index (χ2n) is 4.43. The Balaban J connectivity index is 2.74. The molecule has 0 radical (unpaired) electrons. The SMILES string of the molecule is CCCC(N)C(=O)NCc1cc(Br)c(OC)c(OC)c1. The van der Waals surface area contributed by atoms with Gasteiger partial charge in [-0.05, 0) is 40.0 Å². The average molecular weight is 345 g/mol. The van der Waals surface area contributed by atoms with Gasteiger partial charge >= 0.3 is 0 Å². The summed E-state index contributed by atoms with van der Waals surface area (Å²) in [5, 5.41) is 2.82. The van der Waals surface area contributed by atoms with Crippen molar-refractivity contribution in [3.63, 3.8) is 0 Å². The zero-order valence-corrected chi connectivity index (χ0v) is 13.6.